The van der Waals surface area contributed by atoms with Crippen molar-refractivity contribution in [3.05, 3.63) is 0 Å². The molecule has 2 rings (SSSR count). The van der Waals surface area contributed by atoms with Crippen LogP contribution >= 0.6 is 0 Å². The first kappa shape index (κ1) is 14.8. The van der Waals surface area contributed by atoms with Crippen LogP contribution in [0.1, 0.15) is 44.9 Å². The second kappa shape index (κ2) is 6.20. The monoisotopic (exact) mass is 270 g/mol. The molecule has 1 unspecified atom stereocenters. The van der Waals surface area contributed by atoms with Gasteiger partial charge in [-0.2, -0.15) is 0 Å². The number of carbonyl (C=O) groups is 1. The van der Waals surface area contributed by atoms with Gasteiger partial charge >= 0.3 is 0 Å². The number of nitrogens with one attached hydrogen (secondary N) is 1. The van der Waals surface area contributed by atoms with Crippen LogP contribution in [0.4, 0.5) is 0 Å². The molecule has 1 heterocycles. The van der Waals surface area contributed by atoms with Crippen LogP contribution in [0.15, 0.2) is 0 Å². The molecule has 1 saturated heterocycles. The van der Waals surface area contributed by atoms with Crippen molar-refractivity contribution in [2.45, 2.75) is 50.5 Å². The molecule has 0 aromatic heterocycles. The number of aliphatic hydroxyl groups is 1. The van der Waals surface area contributed by atoms with Gasteiger partial charge < -0.3 is 20.9 Å². The summed E-state index contributed by atoms with van der Waals surface area (Å²) >= 11 is 0. The van der Waals surface area contributed by atoms with Crippen LogP contribution in [0, 0.1) is 5.41 Å². The Balaban J connectivity index is 1.79. The highest BCUT2D eigenvalue weighted by Gasteiger charge is 2.35. The van der Waals surface area contributed by atoms with Crippen molar-refractivity contribution in [2.75, 3.05) is 26.3 Å². The van der Waals surface area contributed by atoms with Crippen molar-refractivity contribution in [2.24, 2.45) is 11.1 Å². The van der Waals surface area contributed by atoms with Crippen molar-refractivity contribution in [3.8, 4) is 0 Å². The first-order valence-electron chi connectivity index (χ1n) is 7.35. The van der Waals surface area contributed by atoms with Crippen LogP contribution in [0.3, 0.4) is 0 Å². The lowest BCUT2D eigenvalue weighted by Gasteiger charge is -2.36. The largest absolute Gasteiger partial charge is 0.386 e. The first-order valence-corrected chi connectivity index (χ1v) is 7.35. The van der Waals surface area contributed by atoms with E-state index in [0.29, 0.717) is 32.6 Å². The van der Waals surface area contributed by atoms with Crippen LogP contribution < -0.4 is 11.1 Å². The zero-order valence-electron chi connectivity index (χ0n) is 11.6. The normalized spacial score (nSPS) is 30.2. The van der Waals surface area contributed by atoms with Crippen molar-refractivity contribution >= 4 is 5.91 Å². The summed E-state index contributed by atoms with van der Waals surface area (Å²) in [5.41, 5.74) is 4.99. The smallest absolute Gasteiger partial charge is 0.220 e. The van der Waals surface area contributed by atoms with E-state index in [9.17, 15) is 9.90 Å². The summed E-state index contributed by atoms with van der Waals surface area (Å²) in [5.74, 6) is 0.00711. The van der Waals surface area contributed by atoms with E-state index in [1.165, 1.54) is 19.3 Å². The fraction of sp³-hybridized carbons (Fsp3) is 0.929. The molecule has 1 saturated carbocycles. The third-order valence-electron chi connectivity index (χ3n) is 4.58. The number of ether oxygens (including phenoxy) is 1. The average molecular weight is 270 g/mol. The molecule has 110 valence electrons. The van der Waals surface area contributed by atoms with E-state index in [0.717, 1.165) is 12.8 Å². The molecule has 5 heteroatoms. The first-order chi connectivity index (χ1) is 9.08. The summed E-state index contributed by atoms with van der Waals surface area (Å²) in [6.45, 7) is 1.74. The Morgan fingerprint density at radius 1 is 1.26 bits per heavy atom. The highest BCUT2D eigenvalue weighted by atomic mass is 16.5. The Morgan fingerprint density at radius 2 is 2.00 bits per heavy atom. The molecule has 1 amide bonds. The van der Waals surface area contributed by atoms with E-state index in [1.54, 1.807) is 0 Å². The van der Waals surface area contributed by atoms with Crippen LogP contribution in [0.25, 0.3) is 0 Å². The lowest BCUT2D eigenvalue weighted by Crippen LogP contribution is -2.45. The molecule has 5 nitrogen and oxygen atoms in total. The molecule has 0 bridgehead atoms. The third-order valence-corrected chi connectivity index (χ3v) is 4.58. The Bertz CT molecular complexity index is 308. The highest BCUT2D eigenvalue weighted by molar-refractivity contribution is 5.76. The predicted molar refractivity (Wildman–Crippen MR) is 72.6 cm³/mol. The Kier molecular flexibility index (Phi) is 4.81. The van der Waals surface area contributed by atoms with Crippen LogP contribution in [-0.4, -0.2) is 42.9 Å². The van der Waals surface area contributed by atoms with E-state index < -0.39 is 5.60 Å². The van der Waals surface area contributed by atoms with E-state index in [2.05, 4.69) is 5.32 Å². The van der Waals surface area contributed by atoms with Crippen LogP contribution in [0.5, 0.6) is 0 Å². The van der Waals surface area contributed by atoms with Gasteiger partial charge in [0.1, 0.15) is 5.60 Å². The molecule has 0 radical (unpaired) electrons. The number of amides is 1. The summed E-state index contributed by atoms with van der Waals surface area (Å²) in [6, 6.07) is 0. The van der Waals surface area contributed by atoms with Gasteiger partial charge in [-0.05, 0) is 24.8 Å². The van der Waals surface area contributed by atoms with Gasteiger partial charge in [-0.15, -0.1) is 0 Å². The van der Waals surface area contributed by atoms with Gasteiger partial charge in [0.05, 0.1) is 6.61 Å². The Hall–Kier alpha value is -0.650. The Morgan fingerprint density at radius 3 is 2.58 bits per heavy atom. The van der Waals surface area contributed by atoms with Crippen LogP contribution in [-0.2, 0) is 9.53 Å². The molecule has 0 spiro atoms. The summed E-state index contributed by atoms with van der Waals surface area (Å²) < 4.78 is 5.16. The number of hydrogen-bond donors (Lipinski definition) is 3. The molecule has 1 aliphatic carbocycles. The molecule has 2 aliphatic rings. The fourth-order valence-electron chi connectivity index (χ4n) is 3.16. The average Bonchev–Trinajstić information content (AvgIpc) is 2.85. The maximum Gasteiger partial charge on any atom is 0.220 e. The van der Waals surface area contributed by atoms with Crippen LogP contribution in [0.2, 0.25) is 0 Å². The SMILES string of the molecule is NCC1(CC(=O)NCC2(O)CCOC2)CCCCC1. The van der Waals surface area contributed by atoms with E-state index in [4.69, 9.17) is 10.5 Å². The molecule has 4 N–H and O–H groups in total. The van der Waals surface area contributed by atoms with Crippen molar-refractivity contribution < 1.29 is 14.6 Å². The second-order valence-electron chi connectivity index (χ2n) is 6.25. The van der Waals surface area contributed by atoms with Gasteiger partial charge in [-0.3, -0.25) is 4.79 Å². The number of carbonyl (C=O) groups excluding carboxylic acids is 1. The summed E-state index contributed by atoms with van der Waals surface area (Å²) in [6.07, 6.45) is 6.76. The zero-order chi connectivity index (χ0) is 13.8. The molecule has 19 heavy (non-hydrogen) atoms. The minimum Gasteiger partial charge on any atom is -0.386 e. The standard InChI is InChI=1S/C14H26N2O3/c15-9-13(4-2-1-3-5-13)8-12(17)16-10-14(18)6-7-19-11-14/h18H,1-11,15H2,(H,16,17). The van der Waals surface area contributed by atoms with E-state index in [-0.39, 0.29) is 17.9 Å². The fourth-order valence-corrected chi connectivity index (χ4v) is 3.16. The predicted octanol–water partition coefficient (Wildman–Crippen LogP) is 0.553. The maximum absolute atomic E-state index is 12.1. The van der Waals surface area contributed by atoms with E-state index >= 15 is 0 Å². The lowest BCUT2D eigenvalue weighted by molar-refractivity contribution is -0.125. The number of rotatable bonds is 5. The minimum atomic E-state index is -0.877. The summed E-state index contributed by atoms with van der Waals surface area (Å²) in [5, 5.41) is 12.9. The van der Waals surface area contributed by atoms with Gasteiger partial charge in [0.2, 0.25) is 5.91 Å². The summed E-state index contributed by atoms with van der Waals surface area (Å²) in [4.78, 5) is 12.1. The number of hydrogen-bond acceptors (Lipinski definition) is 4. The molecule has 1 aliphatic heterocycles. The molecule has 1 atom stereocenters. The number of nitrogens with two attached hydrogens (primary N) is 1. The molecule has 0 aromatic rings. The lowest BCUT2D eigenvalue weighted by atomic mass is 9.71. The second-order valence-corrected chi connectivity index (χ2v) is 6.25. The zero-order valence-corrected chi connectivity index (χ0v) is 11.6. The van der Waals surface area contributed by atoms with Gasteiger partial charge in [-0.25, -0.2) is 0 Å². The van der Waals surface area contributed by atoms with Crippen molar-refractivity contribution in [1.82, 2.24) is 5.32 Å². The molecule has 2 fully saturated rings. The summed E-state index contributed by atoms with van der Waals surface area (Å²) in [7, 11) is 0. The quantitative estimate of drug-likeness (QED) is 0.681. The van der Waals surface area contributed by atoms with Gasteiger partial charge in [-0.1, -0.05) is 19.3 Å². The molecular formula is C14H26N2O3. The van der Waals surface area contributed by atoms with Crippen molar-refractivity contribution in [3.63, 3.8) is 0 Å². The van der Waals surface area contributed by atoms with Gasteiger partial charge in [0.25, 0.3) is 0 Å². The van der Waals surface area contributed by atoms with Gasteiger partial charge in [0, 0.05) is 26.0 Å². The Labute approximate surface area is 114 Å². The molecule has 0 aromatic carbocycles. The van der Waals surface area contributed by atoms with E-state index in [1.807, 2.05) is 0 Å². The van der Waals surface area contributed by atoms with Crippen molar-refractivity contribution in [1.29, 1.82) is 0 Å². The van der Waals surface area contributed by atoms with Gasteiger partial charge in [0.15, 0.2) is 0 Å². The highest BCUT2D eigenvalue weighted by Crippen LogP contribution is 2.38. The topological polar surface area (TPSA) is 84.6 Å². The molecular weight excluding hydrogens is 244 g/mol. The maximum atomic E-state index is 12.1. The minimum absolute atomic E-state index is 0.00711. The third kappa shape index (κ3) is 3.91.